The number of allylic oxidation sites excluding steroid dienone is 1. The van der Waals surface area contributed by atoms with Crippen LogP contribution in [0.2, 0.25) is 0 Å². The van der Waals surface area contributed by atoms with E-state index in [-0.39, 0.29) is 18.8 Å². The van der Waals surface area contributed by atoms with Gasteiger partial charge < -0.3 is 19.7 Å². The predicted octanol–water partition coefficient (Wildman–Crippen LogP) is 1.67. The first-order valence-electron chi connectivity index (χ1n) is 8.54. The van der Waals surface area contributed by atoms with Crippen molar-refractivity contribution in [1.82, 2.24) is 0 Å². The van der Waals surface area contributed by atoms with Crippen molar-refractivity contribution in [3.63, 3.8) is 0 Å². The van der Waals surface area contributed by atoms with Crippen molar-refractivity contribution in [3.8, 4) is 0 Å². The summed E-state index contributed by atoms with van der Waals surface area (Å²) in [5.41, 5.74) is 2.07. The smallest absolute Gasteiger partial charge is 0.334 e. The standard InChI is InChI=1S/C19H26O6/c1-11-5-4-6-14(10-21)8-16-17(13(3)19(23)25-16)15(7-11)24-18(22)12(2)9-20/h5,8,12,15-17,20-21H,3-4,6-7,9-10H2,1-2H3/b11-5-,14-8+/t12?,15-,16+,17?/m0/s1. The minimum absolute atomic E-state index is 0.119. The maximum Gasteiger partial charge on any atom is 0.334 e. The summed E-state index contributed by atoms with van der Waals surface area (Å²) < 4.78 is 11.0. The summed E-state index contributed by atoms with van der Waals surface area (Å²) in [6, 6.07) is 0. The third kappa shape index (κ3) is 4.58. The Morgan fingerprint density at radius 1 is 1.48 bits per heavy atom. The minimum atomic E-state index is -0.645. The number of aliphatic hydroxyl groups excluding tert-OH is 2. The van der Waals surface area contributed by atoms with E-state index in [0.29, 0.717) is 12.8 Å². The number of fused-ring (bicyclic) bond motifs is 1. The average Bonchev–Trinajstić information content (AvgIpc) is 2.86. The molecular formula is C19H26O6. The van der Waals surface area contributed by atoms with Gasteiger partial charge in [0.1, 0.15) is 12.2 Å². The Kier molecular flexibility index (Phi) is 6.56. The van der Waals surface area contributed by atoms with E-state index < -0.39 is 36.0 Å². The molecule has 6 heteroatoms. The molecule has 1 saturated heterocycles. The number of carbonyl (C=O) groups is 2. The molecule has 0 spiro atoms. The molecular weight excluding hydrogens is 324 g/mol. The van der Waals surface area contributed by atoms with Crippen LogP contribution in [0.4, 0.5) is 0 Å². The number of aliphatic hydroxyl groups is 2. The van der Waals surface area contributed by atoms with Gasteiger partial charge in [0.2, 0.25) is 0 Å². The second-order valence-corrected chi connectivity index (χ2v) is 6.76. The molecule has 1 fully saturated rings. The van der Waals surface area contributed by atoms with Crippen molar-refractivity contribution in [3.05, 3.63) is 35.5 Å². The van der Waals surface area contributed by atoms with E-state index in [0.717, 1.165) is 17.6 Å². The van der Waals surface area contributed by atoms with Crippen molar-refractivity contribution in [1.29, 1.82) is 0 Å². The third-order valence-corrected chi connectivity index (χ3v) is 4.69. The van der Waals surface area contributed by atoms with Crippen LogP contribution in [0.5, 0.6) is 0 Å². The van der Waals surface area contributed by atoms with Crippen LogP contribution in [0.15, 0.2) is 35.5 Å². The van der Waals surface area contributed by atoms with Crippen molar-refractivity contribution < 1.29 is 29.3 Å². The molecule has 0 aromatic carbocycles. The van der Waals surface area contributed by atoms with Crippen LogP contribution in [0.1, 0.15) is 33.1 Å². The fraction of sp³-hybridized carbons (Fsp3) is 0.579. The van der Waals surface area contributed by atoms with Gasteiger partial charge in [0.15, 0.2) is 0 Å². The number of rotatable bonds is 4. The van der Waals surface area contributed by atoms with Gasteiger partial charge in [0.25, 0.3) is 0 Å². The highest BCUT2D eigenvalue weighted by Gasteiger charge is 2.44. The Hall–Kier alpha value is -1.92. The molecule has 4 atom stereocenters. The van der Waals surface area contributed by atoms with Gasteiger partial charge in [-0.15, -0.1) is 0 Å². The first-order chi connectivity index (χ1) is 11.9. The van der Waals surface area contributed by atoms with Crippen molar-refractivity contribution in [2.24, 2.45) is 11.8 Å². The molecule has 0 aromatic heterocycles. The Bertz CT molecular complexity index is 603. The lowest BCUT2D eigenvalue weighted by Crippen LogP contribution is -2.35. The van der Waals surface area contributed by atoms with Gasteiger partial charge in [-0.1, -0.05) is 18.2 Å². The van der Waals surface area contributed by atoms with Crippen LogP contribution in [0.25, 0.3) is 0 Å². The van der Waals surface area contributed by atoms with E-state index in [1.165, 1.54) is 0 Å². The SMILES string of the molecule is C=C1C(=O)O[C@@H]2/C=C(/CO)CC/C=C(/C)C[C@H](OC(=O)C(C)CO)C12. The maximum absolute atomic E-state index is 12.2. The predicted molar refractivity (Wildman–Crippen MR) is 91.4 cm³/mol. The summed E-state index contributed by atoms with van der Waals surface area (Å²) in [5, 5.41) is 18.7. The van der Waals surface area contributed by atoms with Gasteiger partial charge >= 0.3 is 11.9 Å². The molecule has 0 bridgehead atoms. The monoisotopic (exact) mass is 350 g/mol. The van der Waals surface area contributed by atoms with E-state index in [9.17, 15) is 19.8 Å². The summed E-state index contributed by atoms with van der Waals surface area (Å²) in [6.07, 6.45) is 4.44. The molecule has 0 amide bonds. The molecule has 0 aromatic rings. The van der Waals surface area contributed by atoms with Crippen LogP contribution >= 0.6 is 0 Å². The second kappa shape index (κ2) is 8.45. The van der Waals surface area contributed by atoms with Crippen LogP contribution in [-0.4, -0.2) is 47.6 Å². The molecule has 138 valence electrons. The number of hydrogen-bond donors (Lipinski definition) is 2. The molecule has 2 rings (SSSR count). The molecule has 1 aliphatic carbocycles. The Labute approximate surface area is 147 Å². The molecule has 2 aliphatic rings. The van der Waals surface area contributed by atoms with Gasteiger partial charge in [-0.3, -0.25) is 4.79 Å². The number of esters is 2. The van der Waals surface area contributed by atoms with Gasteiger partial charge in [0, 0.05) is 12.0 Å². The van der Waals surface area contributed by atoms with Gasteiger partial charge in [-0.25, -0.2) is 4.79 Å². The van der Waals surface area contributed by atoms with E-state index in [4.69, 9.17) is 9.47 Å². The fourth-order valence-corrected chi connectivity index (χ4v) is 3.11. The Balaban J connectivity index is 2.37. The van der Waals surface area contributed by atoms with E-state index >= 15 is 0 Å². The number of ether oxygens (including phenoxy) is 2. The van der Waals surface area contributed by atoms with Gasteiger partial charge in [-0.05, 0) is 38.3 Å². The summed E-state index contributed by atoms with van der Waals surface area (Å²) >= 11 is 0. The fourth-order valence-electron chi connectivity index (χ4n) is 3.11. The molecule has 2 unspecified atom stereocenters. The highest BCUT2D eigenvalue weighted by Crippen LogP contribution is 2.36. The normalized spacial score (nSPS) is 32.6. The molecule has 1 heterocycles. The van der Waals surface area contributed by atoms with E-state index in [1.807, 2.05) is 13.0 Å². The van der Waals surface area contributed by atoms with Crippen LogP contribution in [-0.2, 0) is 19.1 Å². The third-order valence-electron chi connectivity index (χ3n) is 4.69. The topological polar surface area (TPSA) is 93.1 Å². The Morgan fingerprint density at radius 2 is 2.20 bits per heavy atom. The summed E-state index contributed by atoms with van der Waals surface area (Å²) in [7, 11) is 0. The summed E-state index contributed by atoms with van der Waals surface area (Å²) in [5.74, 6) is -2.19. The molecule has 0 saturated carbocycles. The second-order valence-electron chi connectivity index (χ2n) is 6.76. The lowest BCUT2D eigenvalue weighted by atomic mass is 9.85. The maximum atomic E-state index is 12.2. The largest absolute Gasteiger partial charge is 0.461 e. The zero-order chi connectivity index (χ0) is 18.6. The van der Waals surface area contributed by atoms with E-state index in [2.05, 4.69) is 6.58 Å². The lowest BCUT2D eigenvalue weighted by molar-refractivity contribution is -0.157. The highest BCUT2D eigenvalue weighted by molar-refractivity contribution is 5.91. The average molecular weight is 350 g/mol. The Morgan fingerprint density at radius 3 is 2.84 bits per heavy atom. The van der Waals surface area contributed by atoms with Crippen LogP contribution in [0.3, 0.4) is 0 Å². The number of carbonyl (C=O) groups excluding carboxylic acids is 2. The van der Waals surface area contributed by atoms with Gasteiger partial charge in [-0.2, -0.15) is 0 Å². The lowest BCUT2D eigenvalue weighted by Gasteiger charge is -2.28. The van der Waals surface area contributed by atoms with E-state index in [1.54, 1.807) is 13.0 Å². The number of hydrogen-bond acceptors (Lipinski definition) is 6. The first kappa shape index (κ1) is 19.4. The molecule has 0 radical (unpaired) electrons. The minimum Gasteiger partial charge on any atom is -0.461 e. The van der Waals surface area contributed by atoms with Crippen LogP contribution in [0, 0.1) is 11.8 Å². The van der Waals surface area contributed by atoms with Gasteiger partial charge in [0.05, 0.1) is 25.0 Å². The van der Waals surface area contributed by atoms with Crippen molar-refractivity contribution in [2.75, 3.05) is 13.2 Å². The van der Waals surface area contributed by atoms with Crippen LogP contribution < -0.4 is 0 Å². The molecule has 25 heavy (non-hydrogen) atoms. The quantitative estimate of drug-likeness (QED) is 0.455. The molecule has 1 aliphatic heterocycles. The zero-order valence-corrected chi connectivity index (χ0v) is 14.7. The molecule has 2 N–H and O–H groups in total. The zero-order valence-electron chi connectivity index (χ0n) is 14.7. The van der Waals surface area contributed by atoms with Crippen molar-refractivity contribution in [2.45, 2.75) is 45.3 Å². The van der Waals surface area contributed by atoms with Crippen molar-refractivity contribution >= 4 is 11.9 Å². The first-order valence-corrected chi connectivity index (χ1v) is 8.54. The molecule has 6 nitrogen and oxygen atoms in total. The summed E-state index contributed by atoms with van der Waals surface area (Å²) in [4.78, 5) is 24.2. The summed E-state index contributed by atoms with van der Waals surface area (Å²) in [6.45, 7) is 6.91. The highest BCUT2D eigenvalue weighted by atomic mass is 16.6.